The Morgan fingerprint density at radius 3 is 1.76 bits per heavy atom. The molecule has 8 nitrogen and oxygen atoms in total. The van der Waals surface area contributed by atoms with Crippen LogP contribution in [0.4, 0.5) is 11.4 Å². The molecule has 1 atom stereocenters. The van der Waals surface area contributed by atoms with Gasteiger partial charge in [0.1, 0.15) is 0 Å². The van der Waals surface area contributed by atoms with Gasteiger partial charge in [-0.2, -0.15) is 16.8 Å². The first-order chi connectivity index (χ1) is 25.1. The molecule has 4 aromatic carbocycles. The van der Waals surface area contributed by atoms with Gasteiger partial charge in [-0.3, -0.25) is 9.11 Å². The van der Waals surface area contributed by atoms with Crippen molar-refractivity contribution in [2.45, 2.75) is 70.3 Å². The second-order valence-corrected chi connectivity index (χ2v) is 18.3. The van der Waals surface area contributed by atoms with Crippen molar-refractivity contribution in [3.63, 3.8) is 0 Å². The molecule has 0 saturated carbocycles. The van der Waals surface area contributed by atoms with E-state index < -0.39 is 20.2 Å². The molecule has 0 fully saturated rings. The number of fused-ring (bicyclic) bond motifs is 6. The molecule has 0 amide bonds. The number of allylic oxidation sites excluding steroid dienone is 7. The molecule has 54 heavy (non-hydrogen) atoms. The fourth-order valence-corrected chi connectivity index (χ4v) is 9.51. The van der Waals surface area contributed by atoms with Gasteiger partial charge in [0.2, 0.25) is 0 Å². The molecule has 0 aromatic heterocycles. The second-order valence-electron chi connectivity index (χ2n) is 15.2. The van der Waals surface area contributed by atoms with E-state index in [1.807, 2.05) is 30.4 Å². The van der Waals surface area contributed by atoms with Gasteiger partial charge in [0, 0.05) is 70.5 Å². The van der Waals surface area contributed by atoms with Crippen LogP contribution in [-0.2, 0) is 31.1 Å². The normalized spacial score (nSPS) is 18.8. The second kappa shape index (κ2) is 16.9. The monoisotopic (exact) mass is 777 g/mol. The Bertz CT molecular complexity index is 2350. The third kappa shape index (κ3) is 9.07. The van der Waals surface area contributed by atoms with E-state index in [4.69, 9.17) is 0 Å². The molecule has 0 saturated heterocycles. The minimum Gasteiger partial charge on any atom is -0.364 e. The molecule has 1 unspecified atom stereocenters. The van der Waals surface area contributed by atoms with Crippen LogP contribution >= 0.6 is 0 Å². The molecule has 2 aliphatic heterocycles. The maximum Gasteiger partial charge on any atom is 0.264 e. The summed E-state index contributed by atoms with van der Waals surface area (Å²) in [5.74, 6) is -0.495. The summed E-state index contributed by atoms with van der Waals surface area (Å²) < 4.78 is 64.1. The van der Waals surface area contributed by atoms with Gasteiger partial charge in [-0.25, -0.2) is 0 Å². The van der Waals surface area contributed by atoms with Crippen molar-refractivity contribution < 1.29 is 25.9 Å². The Balaban J connectivity index is 0.00000561. The van der Waals surface area contributed by atoms with Crippen LogP contribution < -0.4 is 9.80 Å². The average Bonchev–Trinajstić information content (AvgIpc) is 3.45. The number of hydrogen-bond donors (Lipinski definition) is 2. The van der Waals surface area contributed by atoms with Crippen LogP contribution in [0.1, 0.15) is 64.5 Å². The first-order valence-corrected chi connectivity index (χ1v) is 21.5. The standard InChI is InChI=1S/C43H50N2O6S2.Na/c1-42(2)38(44(28-14-16-30-52(46,47)48)36-26-24-32-18-10-12-20-34(32)40(36)42)22-8-6-5-7-9-23-39-43(3,4)41-35-21-13-11-19-33(35)25-27-37(41)45(39)29-15-17-31-53(49,50)51;/h5-13,18-27,38H,14-17,28-31H2,1-4H3,(H,46,47,48)(H,49,50,51);. The quantitative estimate of drug-likeness (QED) is 0.0566. The molecule has 6 rings (SSSR count). The van der Waals surface area contributed by atoms with Crippen molar-refractivity contribution in [2.24, 2.45) is 0 Å². The van der Waals surface area contributed by atoms with Crippen molar-refractivity contribution >= 4 is 82.7 Å². The largest absolute Gasteiger partial charge is 0.364 e. The van der Waals surface area contributed by atoms with Crippen LogP contribution in [0.25, 0.3) is 21.5 Å². The van der Waals surface area contributed by atoms with Crippen LogP contribution in [0.2, 0.25) is 0 Å². The van der Waals surface area contributed by atoms with E-state index in [9.17, 15) is 25.9 Å². The Morgan fingerprint density at radius 1 is 0.630 bits per heavy atom. The zero-order valence-corrected chi connectivity index (χ0v) is 35.6. The minimum atomic E-state index is -4.01. The first-order valence-electron chi connectivity index (χ1n) is 18.3. The van der Waals surface area contributed by atoms with Gasteiger partial charge in [0.05, 0.1) is 17.5 Å². The molecule has 2 N–H and O–H groups in total. The maximum atomic E-state index is 11.4. The Morgan fingerprint density at radius 2 is 1.15 bits per heavy atom. The molecular weight excluding hydrogens is 728 g/mol. The Hall–Kier alpha value is -3.22. The summed E-state index contributed by atoms with van der Waals surface area (Å²) in [6.07, 6.45) is 16.5. The molecule has 0 aliphatic carbocycles. The smallest absolute Gasteiger partial charge is 0.264 e. The fourth-order valence-electron chi connectivity index (χ4n) is 8.37. The molecule has 2 heterocycles. The predicted octanol–water partition coefficient (Wildman–Crippen LogP) is 8.76. The van der Waals surface area contributed by atoms with Crippen LogP contribution in [0, 0.1) is 0 Å². The van der Waals surface area contributed by atoms with Crippen molar-refractivity contribution in [1.29, 1.82) is 0 Å². The third-order valence-electron chi connectivity index (χ3n) is 10.8. The summed E-state index contributed by atoms with van der Waals surface area (Å²) >= 11 is 0. The number of rotatable bonds is 14. The van der Waals surface area contributed by atoms with Crippen molar-refractivity contribution in [3.8, 4) is 0 Å². The van der Waals surface area contributed by atoms with Crippen LogP contribution in [0.15, 0.2) is 121 Å². The van der Waals surface area contributed by atoms with E-state index >= 15 is 0 Å². The number of unbranched alkanes of at least 4 members (excludes halogenated alkanes) is 2. The van der Waals surface area contributed by atoms with E-state index in [0.29, 0.717) is 38.8 Å². The van der Waals surface area contributed by atoms with E-state index in [0.717, 1.165) is 17.1 Å². The van der Waals surface area contributed by atoms with E-state index in [1.54, 1.807) is 0 Å². The molecule has 1 radical (unpaired) electrons. The zero-order chi connectivity index (χ0) is 38.0. The van der Waals surface area contributed by atoms with Gasteiger partial charge in [0.25, 0.3) is 20.2 Å². The van der Waals surface area contributed by atoms with E-state index in [2.05, 4.69) is 122 Å². The van der Waals surface area contributed by atoms with Crippen LogP contribution in [0.3, 0.4) is 0 Å². The molecule has 2 aliphatic rings. The predicted molar refractivity (Wildman–Crippen MR) is 225 cm³/mol. The topological polar surface area (TPSA) is 115 Å². The van der Waals surface area contributed by atoms with Crippen molar-refractivity contribution in [3.05, 3.63) is 132 Å². The molecule has 11 heteroatoms. The summed E-state index contributed by atoms with van der Waals surface area (Å²) in [7, 11) is -8.01. The first kappa shape index (κ1) is 41.9. The number of benzene rings is 4. The van der Waals surface area contributed by atoms with Gasteiger partial charge < -0.3 is 9.80 Å². The zero-order valence-electron chi connectivity index (χ0n) is 31.9. The number of nitrogens with zero attached hydrogens (tertiary/aromatic N) is 2. The Kier molecular flexibility index (Phi) is 13.1. The number of hydrogen-bond acceptors (Lipinski definition) is 6. The minimum absolute atomic E-state index is 0. The summed E-state index contributed by atoms with van der Waals surface area (Å²) in [5.41, 5.74) is 5.41. The summed E-state index contributed by atoms with van der Waals surface area (Å²) in [4.78, 5) is 4.65. The summed E-state index contributed by atoms with van der Waals surface area (Å²) in [6.45, 7) is 10.3. The SMILES string of the molecule is CC1(C)C(=CC=CC=CC=CC2N(CCCCS(=O)(=O)O)c3ccc4ccccc4c3C2(C)C)N(CCCCS(=O)(=O)O)c2ccc3ccccc3c21.[Na]. The molecule has 281 valence electrons. The van der Waals surface area contributed by atoms with Gasteiger partial charge in [0.15, 0.2) is 0 Å². The summed E-state index contributed by atoms with van der Waals surface area (Å²) in [5, 5.41) is 4.79. The van der Waals surface area contributed by atoms with Gasteiger partial charge >= 0.3 is 0 Å². The Labute approximate surface area is 343 Å². The van der Waals surface area contributed by atoms with Gasteiger partial charge in [-0.1, -0.05) is 125 Å². The van der Waals surface area contributed by atoms with Crippen molar-refractivity contribution in [2.75, 3.05) is 34.4 Å². The van der Waals surface area contributed by atoms with Crippen molar-refractivity contribution in [1.82, 2.24) is 0 Å². The average molecular weight is 778 g/mol. The number of anilines is 2. The molecular formula is C43H50N2NaO6S2. The van der Waals surface area contributed by atoms with E-state index in [1.165, 1.54) is 32.7 Å². The molecule has 0 bridgehead atoms. The van der Waals surface area contributed by atoms with E-state index in [-0.39, 0.29) is 57.9 Å². The van der Waals surface area contributed by atoms with Gasteiger partial charge in [-0.15, -0.1) is 0 Å². The maximum absolute atomic E-state index is 11.4. The third-order valence-corrected chi connectivity index (χ3v) is 12.4. The molecule has 0 spiro atoms. The summed E-state index contributed by atoms with van der Waals surface area (Å²) in [6, 6.07) is 25.5. The van der Waals surface area contributed by atoms with Gasteiger partial charge in [-0.05, 0) is 76.6 Å². The molecule has 4 aromatic rings. The van der Waals surface area contributed by atoms with Crippen LogP contribution in [-0.4, -0.2) is 86.1 Å². The van der Waals surface area contributed by atoms with Crippen LogP contribution in [0.5, 0.6) is 0 Å². The fraction of sp³-hybridized carbons (Fsp3) is 0.349.